The van der Waals surface area contributed by atoms with Crippen molar-refractivity contribution >= 4 is 45.0 Å². The highest BCUT2D eigenvalue weighted by atomic mass is 16.3. The molecule has 0 radical (unpaired) electrons. The fraction of sp³-hybridized carbons (Fsp3) is 0.250. The first kappa shape index (κ1) is 22.8. The van der Waals surface area contributed by atoms with E-state index in [9.17, 15) is 19.8 Å². The van der Waals surface area contributed by atoms with Gasteiger partial charge >= 0.3 is 0 Å². The third kappa shape index (κ3) is 5.34. The largest absolute Gasteiger partial charge is 0.493 e. The summed E-state index contributed by atoms with van der Waals surface area (Å²) in [5.74, 6) is -0.986. The lowest BCUT2D eigenvalue weighted by molar-refractivity contribution is -0.119. The standard InChI is InChI=1S/C24H24N6O4/c31-19(27-29-21-15-9-5-7-11-17(15)25-23(21)33)13-3-1-2-4-14-20(32)28-30-22-16-10-6-8-12-18(16)26-24(22)34/h5-12,25-26,33-34H,1-4,13-14H2. The number of aromatic hydroxyl groups is 2. The summed E-state index contributed by atoms with van der Waals surface area (Å²) in [7, 11) is 0. The quantitative estimate of drug-likeness (QED) is 0.170. The minimum atomic E-state index is -0.368. The van der Waals surface area contributed by atoms with Crippen LogP contribution in [0.5, 0.6) is 11.8 Å². The highest BCUT2D eigenvalue weighted by Crippen LogP contribution is 2.36. The van der Waals surface area contributed by atoms with Crippen LogP contribution in [0.3, 0.4) is 0 Å². The van der Waals surface area contributed by atoms with E-state index in [1.807, 2.05) is 24.3 Å². The van der Waals surface area contributed by atoms with Crippen molar-refractivity contribution in [2.24, 2.45) is 20.5 Å². The number of para-hydroxylation sites is 2. The number of nitrogens with zero attached hydrogens (tertiary/aromatic N) is 4. The van der Waals surface area contributed by atoms with E-state index >= 15 is 0 Å². The molecule has 0 saturated heterocycles. The van der Waals surface area contributed by atoms with E-state index in [2.05, 4.69) is 30.4 Å². The molecule has 2 aromatic carbocycles. The Morgan fingerprint density at radius 3 is 1.50 bits per heavy atom. The number of azo groups is 2. The molecule has 2 amide bonds. The Hall–Kier alpha value is -4.34. The zero-order chi connectivity index (χ0) is 23.9. The Morgan fingerprint density at radius 1 is 0.647 bits per heavy atom. The Morgan fingerprint density at radius 2 is 1.06 bits per heavy atom. The average molecular weight is 460 g/mol. The van der Waals surface area contributed by atoms with Crippen molar-refractivity contribution in [3.05, 3.63) is 48.5 Å². The molecule has 0 bridgehead atoms. The highest BCUT2D eigenvalue weighted by Gasteiger charge is 2.11. The van der Waals surface area contributed by atoms with Crippen molar-refractivity contribution < 1.29 is 19.8 Å². The zero-order valence-electron chi connectivity index (χ0n) is 18.4. The number of aromatic nitrogens is 2. The Kier molecular flexibility index (Phi) is 7.07. The second kappa shape index (κ2) is 10.5. The van der Waals surface area contributed by atoms with Crippen LogP contribution >= 0.6 is 0 Å². The van der Waals surface area contributed by atoms with Gasteiger partial charge in [0.15, 0.2) is 11.4 Å². The van der Waals surface area contributed by atoms with Crippen molar-refractivity contribution in [1.29, 1.82) is 0 Å². The summed E-state index contributed by atoms with van der Waals surface area (Å²) in [6.45, 7) is 0. The molecule has 4 rings (SSSR count). The van der Waals surface area contributed by atoms with Gasteiger partial charge in [0.1, 0.15) is 0 Å². The van der Waals surface area contributed by atoms with Crippen molar-refractivity contribution in [1.82, 2.24) is 9.97 Å². The second-order valence-corrected chi connectivity index (χ2v) is 7.84. The fourth-order valence-corrected chi connectivity index (χ4v) is 3.65. The van der Waals surface area contributed by atoms with Crippen LogP contribution in [-0.4, -0.2) is 32.0 Å². The van der Waals surface area contributed by atoms with Crippen molar-refractivity contribution in [2.45, 2.75) is 38.5 Å². The first-order valence-electron chi connectivity index (χ1n) is 11.0. The lowest BCUT2D eigenvalue weighted by Gasteiger charge is -1.98. The van der Waals surface area contributed by atoms with Crippen LogP contribution in [-0.2, 0) is 9.59 Å². The number of benzene rings is 2. The van der Waals surface area contributed by atoms with Crippen LogP contribution in [0.25, 0.3) is 21.8 Å². The summed E-state index contributed by atoms with van der Waals surface area (Å²) < 4.78 is 0. The van der Waals surface area contributed by atoms with Gasteiger partial charge in [-0.05, 0) is 25.0 Å². The average Bonchev–Trinajstić information content (AvgIpc) is 3.33. The summed E-state index contributed by atoms with van der Waals surface area (Å²) in [6.07, 6.45) is 3.23. The molecule has 0 saturated carbocycles. The van der Waals surface area contributed by atoms with Gasteiger partial charge in [0, 0.05) is 23.6 Å². The first-order valence-corrected chi connectivity index (χ1v) is 11.0. The molecule has 0 fully saturated rings. The maximum atomic E-state index is 12.0. The van der Waals surface area contributed by atoms with Crippen LogP contribution in [0.1, 0.15) is 38.5 Å². The zero-order valence-corrected chi connectivity index (χ0v) is 18.4. The van der Waals surface area contributed by atoms with Gasteiger partial charge in [-0.1, -0.05) is 49.2 Å². The van der Waals surface area contributed by atoms with E-state index in [0.717, 1.165) is 12.8 Å². The van der Waals surface area contributed by atoms with Gasteiger partial charge in [0.2, 0.25) is 11.8 Å². The summed E-state index contributed by atoms with van der Waals surface area (Å²) in [6, 6.07) is 14.5. The molecule has 0 aliphatic rings. The molecule has 2 aromatic heterocycles. The monoisotopic (exact) mass is 460 g/mol. The number of aromatic amines is 2. The number of carbonyl (C=O) groups is 2. The van der Waals surface area contributed by atoms with E-state index in [1.54, 1.807) is 24.3 Å². The number of rotatable bonds is 9. The van der Waals surface area contributed by atoms with Gasteiger partial charge in [0.05, 0.1) is 11.0 Å². The summed E-state index contributed by atoms with van der Waals surface area (Å²) in [5.41, 5.74) is 1.93. The molecule has 4 N–H and O–H groups in total. The SMILES string of the molecule is O=C(CCCCCCC(=O)N=Nc1c(O)[nH]c2ccccc12)N=Nc1c(O)[nH]c2ccccc12. The number of amides is 2. The third-order valence-electron chi connectivity index (χ3n) is 5.37. The van der Waals surface area contributed by atoms with E-state index < -0.39 is 0 Å². The van der Waals surface area contributed by atoms with Crippen molar-refractivity contribution in [2.75, 3.05) is 0 Å². The predicted octanol–water partition coefficient (Wildman–Crippen LogP) is 6.32. The Bertz CT molecular complexity index is 1280. The van der Waals surface area contributed by atoms with Crippen LogP contribution in [0.4, 0.5) is 11.4 Å². The summed E-state index contributed by atoms with van der Waals surface area (Å²) in [5, 5.41) is 36.5. The Balaban J connectivity index is 1.16. The number of H-pyrrole nitrogens is 2. The topological polar surface area (TPSA) is 156 Å². The maximum absolute atomic E-state index is 12.0. The molecule has 34 heavy (non-hydrogen) atoms. The molecule has 2 heterocycles. The molecule has 0 unspecified atom stereocenters. The minimum absolute atomic E-state index is 0.125. The molecular formula is C24H24N6O4. The highest BCUT2D eigenvalue weighted by molar-refractivity contribution is 5.95. The molecule has 0 atom stereocenters. The molecule has 0 aliphatic heterocycles. The summed E-state index contributed by atoms with van der Waals surface area (Å²) >= 11 is 0. The molecule has 10 nitrogen and oxygen atoms in total. The molecular weight excluding hydrogens is 436 g/mol. The second-order valence-electron chi connectivity index (χ2n) is 7.84. The predicted molar refractivity (Wildman–Crippen MR) is 127 cm³/mol. The van der Waals surface area contributed by atoms with Gasteiger partial charge in [-0.25, -0.2) is 0 Å². The van der Waals surface area contributed by atoms with Gasteiger partial charge in [-0.3, -0.25) is 9.59 Å². The van der Waals surface area contributed by atoms with Crippen LogP contribution in [0.2, 0.25) is 0 Å². The normalized spacial score (nSPS) is 11.9. The number of nitrogens with one attached hydrogen (secondary N) is 2. The molecule has 4 aromatic rings. The Labute approximate surface area is 194 Å². The first-order chi connectivity index (χ1) is 16.5. The number of fused-ring (bicyclic) bond motifs is 2. The molecule has 0 spiro atoms. The van der Waals surface area contributed by atoms with E-state index in [0.29, 0.717) is 34.6 Å². The lowest BCUT2D eigenvalue weighted by Crippen LogP contribution is -1.94. The van der Waals surface area contributed by atoms with Crippen molar-refractivity contribution in [3.8, 4) is 11.8 Å². The van der Waals surface area contributed by atoms with E-state index in [4.69, 9.17) is 0 Å². The van der Waals surface area contributed by atoms with Gasteiger partial charge < -0.3 is 20.2 Å². The van der Waals surface area contributed by atoms with E-state index in [1.165, 1.54) is 0 Å². The van der Waals surface area contributed by atoms with E-state index in [-0.39, 0.29) is 47.8 Å². The number of hydrogen-bond acceptors (Lipinski definition) is 6. The fourth-order valence-electron chi connectivity index (χ4n) is 3.65. The molecule has 174 valence electrons. The molecule has 10 heteroatoms. The molecule has 0 aliphatic carbocycles. The number of hydrogen-bond donors (Lipinski definition) is 4. The smallest absolute Gasteiger partial charge is 0.264 e. The van der Waals surface area contributed by atoms with Crippen LogP contribution in [0.15, 0.2) is 69.0 Å². The van der Waals surface area contributed by atoms with Crippen LogP contribution in [0, 0.1) is 0 Å². The minimum Gasteiger partial charge on any atom is -0.493 e. The maximum Gasteiger partial charge on any atom is 0.264 e. The van der Waals surface area contributed by atoms with Gasteiger partial charge in [-0.2, -0.15) is 0 Å². The third-order valence-corrected chi connectivity index (χ3v) is 5.37. The summed E-state index contributed by atoms with van der Waals surface area (Å²) in [4.78, 5) is 29.6. The van der Waals surface area contributed by atoms with Gasteiger partial charge in [0.25, 0.3) is 11.8 Å². The van der Waals surface area contributed by atoms with Crippen LogP contribution < -0.4 is 0 Å². The number of carbonyl (C=O) groups excluding carboxylic acids is 2. The van der Waals surface area contributed by atoms with Crippen molar-refractivity contribution in [3.63, 3.8) is 0 Å². The van der Waals surface area contributed by atoms with Gasteiger partial charge in [-0.15, -0.1) is 20.5 Å². The lowest BCUT2D eigenvalue weighted by atomic mass is 10.1. The number of unbranched alkanes of at least 4 members (excludes halogenated alkanes) is 3.